The normalized spacial score (nSPS) is 10.5. The number of nitrogens with zero attached hydrogens (tertiary/aromatic N) is 2. The molecule has 0 bridgehead atoms. The molecular weight excluding hydrogens is 456 g/mol. The topological polar surface area (TPSA) is 94.5 Å². The molecule has 0 fully saturated rings. The number of hydrogen-bond donors (Lipinski definition) is 2. The second-order valence-corrected chi connectivity index (χ2v) is 8.12. The molecule has 0 spiro atoms. The van der Waals surface area contributed by atoms with E-state index in [1.807, 2.05) is 62.4 Å². The van der Waals surface area contributed by atoms with E-state index in [1.54, 1.807) is 42.3 Å². The van der Waals surface area contributed by atoms with Gasteiger partial charge in [-0.15, -0.1) is 0 Å². The molecule has 4 aromatic rings. The molecule has 2 amide bonds. The Labute approximate surface area is 209 Å². The number of hydrogen-bond acceptors (Lipinski definition) is 5. The third-order valence-electron chi connectivity index (χ3n) is 5.46. The van der Waals surface area contributed by atoms with Gasteiger partial charge in [-0.1, -0.05) is 29.8 Å². The summed E-state index contributed by atoms with van der Waals surface area (Å²) in [6.45, 7) is 4.34. The predicted octanol–water partition coefficient (Wildman–Crippen LogP) is 4.62. The number of carbonyl (C=O) groups is 2. The van der Waals surface area contributed by atoms with Gasteiger partial charge in [-0.25, -0.2) is 4.68 Å². The van der Waals surface area contributed by atoms with E-state index in [1.165, 1.54) is 0 Å². The number of anilines is 1. The van der Waals surface area contributed by atoms with Gasteiger partial charge in [0.25, 0.3) is 11.8 Å². The molecule has 36 heavy (non-hydrogen) atoms. The van der Waals surface area contributed by atoms with E-state index in [-0.39, 0.29) is 18.4 Å². The van der Waals surface area contributed by atoms with E-state index in [4.69, 9.17) is 14.6 Å². The first-order chi connectivity index (χ1) is 17.5. The van der Waals surface area contributed by atoms with Gasteiger partial charge in [0, 0.05) is 24.0 Å². The smallest absolute Gasteiger partial charge is 0.259 e. The fourth-order valence-corrected chi connectivity index (χ4v) is 3.58. The first kappa shape index (κ1) is 24.5. The van der Waals surface area contributed by atoms with Crippen LogP contribution in [0, 0.1) is 6.92 Å². The van der Waals surface area contributed by atoms with Crippen molar-refractivity contribution in [2.24, 2.45) is 0 Å². The Morgan fingerprint density at radius 2 is 1.72 bits per heavy atom. The van der Waals surface area contributed by atoms with Crippen molar-refractivity contribution < 1.29 is 19.1 Å². The maximum atomic E-state index is 13.4. The molecule has 2 N–H and O–H groups in total. The third kappa shape index (κ3) is 5.90. The van der Waals surface area contributed by atoms with Gasteiger partial charge in [0.2, 0.25) is 0 Å². The zero-order valence-corrected chi connectivity index (χ0v) is 20.4. The lowest BCUT2D eigenvalue weighted by Crippen LogP contribution is -2.28. The molecule has 0 atom stereocenters. The maximum absolute atomic E-state index is 13.4. The van der Waals surface area contributed by atoms with Gasteiger partial charge in [0.1, 0.15) is 17.2 Å². The van der Waals surface area contributed by atoms with Crippen molar-refractivity contribution in [3.05, 3.63) is 90.1 Å². The van der Waals surface area contributed by atoms with Crippen LogP contribution in [0.25, 0.3) is 16.9 Å². The number of carbonyl (C=O) groups excluding carboxylic acids is 2. The highest BCUT2D eigenvalue weighted by Crippen LogP contribution is 2.28. The molecule has 0 aliphatic heterocycles. The highest BCUT2D eigenvalue weighted by atomic mass is 16.5. The number of likely N-dealkylation sites (N-methyl/N-ethyl adjacent to an activating group) is 1. The van der Waals surface area contributed by atoms with Gasteiger partial charge in [-0.2, -0.15) is 5.10 Å². The average Bonchev–Trinajstić information content (AvgIpc) is 3.35. The molecule has 3 aromatic carbocycles. The molecule has 0 unspecified atom stereocenters. The van der Waals surface area contributed by atoms with E-state index >= 15 is 0 Å². The molecule has 4 rings (SSSR count). The summed E-state index contributed by atoms with van der Waals surface area (Å²) in [6.07, 6.45) is 1.72. The SMILES string of the molecule is CCNC(=O)COc1ccc(NC(=O)c2cn(-c3ccc(C)cc3)nc2-c2cccc(OC)c2)cc1. The summed E-state index contributed by atoms with van der Waals surface area (Å²) in [5.41, 5.74) is 4.28. The lowest BCUT2D eigenvalue weighted by Gasteiger charge is -2.09. The molecule has 0 aliphatic rings. The van der Waals surface area contributed by atoms with Crippen LogP contribution < -0.4 is 20.1 Å². The zero-order chi connectivity index (χ0) is 25.5. The Morgan fingerprint density at radius 1 is 0.972 bits per heavy atom. The van der Waals surface area contributed by atoms with E-state index < -0.39 is 0 Å². The summed E-state index contributed by atoms with van der Waals surface area (Å²) in [4.78, 5) is 24.9. The van der Waals surface area contributed by atoms with Crippen molar-refractivity contribution in [3.8, 4) is 28.4 Å². The first-order valence-corrected chi connectivity index (χ1v) is 11.6. The highest BCUT2D eigenvalue weighted by Gasteiger charge is 2.19. The van der Waals surface area contributed by atoms with Crippen LogP contribution in [0.4, 0.5) is 5.69 Å². The van der Waals surface area contributed by atoms with Crippen LogP contribution in [0.5, 0.6) is 11.5 Å². The third-order valence-corrected chi connectivity index (χ3v) is 5.46. The number of nitrogens with one attached hydrogen (secondary N) is 2. The van der Waals surface area contributed by atoms with Crippen LogP contribution in [0.2, 0.25) is 0 Å². The predicted molar refractivity (Wildman–Crippen MR) is 139 cm³/mol. The summed E-state index contributed by atoms with van der Waals surface area (Å²) in [5.74, 6) is 0.711. The minimum Gasteiger partial charge on any atom is -0.497 e. The summed E-state index contributed by atoms with van der Waals surface area (Å²) in [6, 6.07) is 22.2. The zero-order valence-electron chi connectivity index (χ0n) is 20.4. The van der Waals surface area contributed by atoms with Gasteiger partial charge in [-0.3, -0.25) is 9.59 Å². The summed E-state index contributed by atoms with van der Waals surface area (Å²) in [5, 5.41) is 10.3. The van der Waals surface area contributed by atoms with Crippen molar-refractivity contribution in [2.45, 2.75) is 13.8 Å². The van der Waals surface area contributed by atoms with Gasteiger partial charge >= 0.3 is 0 Å². The second kappa shape index (κ2) is 11.2. The van der Waals surface area contributed by atoms with Crippen LogP contribution in [0.1, 0.15) is 22.8 Å². The Bertz CT molecular complexity index is 1340. The molecule has 184 valence electrons. The Hall–Kier alpha value is -4.59. The molecule has 1 aromatic heterocycles. The van der Waals surface area contributed by atoms with Crippen molar-refractivity contribution in [1.82, 2.24) is 15.1 Å². The average molecular weight is 485 g/mol. The monoisotopic (exact) mass is 484 g/mol. The van der Waals surface area contributed by atoms with E-state index in [9.17, 15) is 9.59 Å². The standard InChI is InChI=1S/C28H28N4O4/c1-4-29-26(33)18-36-23-14-10-21(11-15-23)30-28(34)25-17-32(22-12-8-19(2)9-13-22)31-27(25)20-6-5-7-24(16-20)35-3/h5-17H,4,18H2,1-3H3,(H,29,33)(H,30,34). The molecule has 1 heterocycles. The molecule has 8 heteroatoms. The number of rotatable bonds is 9. The molecular formula is C28H28N4O4. The van der Waals surface area contributed by atoms with Gasteiger partial charge in [0.15, 0.2) is 6.61 Å². The van der Waals surface area contributed by atoms with Crippen LogP contribution in [0.15, 0.2) is 79.0 Å². The summed E-state index contributed by atoms with van der Waals surface area (Å²) in [7, 11) is 1.60. The van der Waals surface area contributed by atoms with Crippen LogP contribution in [-0.2, 0) is 4.79 Å². The molecule has 0 saturated carbocycles. The van der Waals surface area contributed by atoms with Gasteiger partial charge in [-0.05, 0) is 62.4 Å². The van der Waals surface area contributed by atoms with Gasteiger partial charge in [0.05, 0.1) is 18.4 Å². The van der Waals surface area contributed by atoms with Crippen LogP contribution in [0.3, 0.4) is 0 Å². The van der Waals surface area contributed by atoms with E-state index in [0.29, 0.717) is 35.0 Å². The minimum absolute atomic E-state index is 0.0678. The molecule has 0 saturated heterocycles. The number of benzene rings is 3. The van der Waals surface area contributed by atoms with Crippen molar-refractivity contribution >= 4 is 17.5 Å². The van der Waals surface area contributed by atoms with Crippen molar-refractivity contribution in [3.63, 3.8) is 0 Å². The van der Waals surface area contributed by atoms with E-state index in [2.05, 4.69) is 10.6 Å². The van der Waals surface area contributed by atoms with Crippen molar-refractivity contribution in [1.29, 1.82) is 0 Å². The largest absolute Gasteiger partial charge is 0.497 e. The Kier molecular flexibility index (Phi) is 7.65. The quantitative estimate of drug-likeness (QED) is 0.361. The van der Waals surface area contributed by atoms with Gasteiger partial charge < -0.3 is 20.1 Å². The number of ether oxygens (including phenoxy) is 2. The lowest BCUT2D eigenvalue weighted by atomic mass is 10.1. The highest BCUT2D eigenvalue weighted by molar-refractivity contribution is 6.08. The molecule has 8 nitrogen and oxygen atoms in total. The number of aromatic nitrogens is 2. The maximum Gasteiger partial charge on any atom is 0.259 e. The lowest BCUT2D eigenvalue weighted by molar-refractivity contribution is -0.122. The van der Waals surface area contributed by atoms with E-state index in [0.717, 1.165) is 16.8 Å². The Balaban J connectivity index is 1.59. The van der Waals surface area contributed by atoms with Crippen molar-refractivity contribution in [2.75, 3.05) is 25.6 Å². The second-order valence-electron chi connectivity index (χ2n) is 8.12. The minimum atomic E-state index is -0.304. The molecule has 0 radical (unpaired) electrons. The molecule has 0 aliphatic carbocycles. The fraction of sp³-hybridized carbons (Fsp3) is 0.179. The fourth-order valence-electron chi connectivity index (χ4n) is 3.58. The number of amides is 2. The summed E-state index contributed by atoms with van der Waals surface area (Å²) >= 11 is 0. The number of methoxy groups -OCH3 is 1. The Morgan fingerprint density at radius 3 is 2.42 bits per heavy atom. The van der Waals surface area contributed by atoms with Crippen LogP contribution in [-0.4, -0.2) is 41.9 Å². The van der Waals surface area contributed by atoms with Crippen LogP contribution >= 0.6 is 0 Å². The summed E-state index contributed by atoms with van der Waals surface area (Å²) < 4.78 is 12.5. The number of aryl methyl sites for hydroxylation is 1. The first-order valence-electron chi connectivity index (χ1n) is 11.6.